The van der Waals surface area contributed by atoms with Gasteiger partial charge in [0.1, 0.15) is 5.01 Å². The highest BCUT2D eigenvalue weighted by Gasteiger charge is 2.07. The molecular formula is C13H19N3S. The zero-order valence-electron chi connectivity index (χ0n) is 10.7. The number of aromatic nitrogens is 2. The van der Waals surface area contributed by atoms with Crippen LogP contribution in [0.5, 0.6) is 0 Å². The molecule has 0 radical (unpaired) electrons. The van der Waals surface area contributed by atoms with E-state index in [0.717, 1.165) is 24.6 Å². The molecule has 2 aromatic rings. The summed E-state index contributed by atoms with van der Waals surface area (Å²) in [5.41, 5.74) is 4.11. The summed E-state index contributed by atoms with van der Waals surface area (Å²) in [5, 5.41) is 6.61. The molecule has 0 spiro atoms. The van der Waals surface area contributed by atoms with E-state index < -0.39 is 0 Å². The standard InChI is InChI=1S/C13H19N3S/c1-4-16-10(2)7-12(11(16)3)8-14-9-13-15-5-6-17-13/h5-7,14H,4,8-9H2,1-3H3. The molecule has 0 unspecified atom stereocenters. The highest BCUT2D eigenvalue weighted by atomic mass is 32.1. The second-order valence-electron chi connectivity index (χ2n) is 4.17. The molecule has 2 aromatic heterocycles. The fourth-order valence-electron chi connectivity index (χ4n) is 2.18. The number of thiazole rings is 1. The molecule has 0 saturated heterocycles. The van der Waals surface area contributed by atoms with Gasteiger partial charge in [-0.3, -0.25) is 0 Å². The summed E-state index contributed by atoms with van der Waals surface area (Å²) >= 11 is 1.70. The fraction of sp³-hybridized carbons (Fsp3) is 0.462. The molecule has 0 bridgehead atoms. The van der Waals surface area contributed by atoms with Gasteiger partial charge in [0.15, 0.2) is 0 Å². The molecule has 0 saturated carbocycles. The molecule has 0 aromatic carbocycles. The predicted molar refractivity (Wildman–Crippen MR) is 72.2 cm³/mol. The van der Waals surface area contributed by atoms with Crippen LogP contribution in [0, 0.1) is 13.8 Å². The Bertz CT molecular complexity index is 471. The van der Waals surface area contributed by atoms with Gasteiger partial charge < -0.3 is 9.88 Å². The first-order valence-electron chi connectivity index (χ1n) is 5.97. The SMILES string of the molecule is CCn1c(C)cc(CNCc2nccs2)c1C. The van der Waals surface area contributed by atoms with Crippen molar-refractivity contribution in [3.63, 3.8) is 0 Å². The summed E-state index contributed by atoms with van der Waals surface area (Å²) in [5.74, 6) is 0. The highest BCUT2D eigenvalue weighted by Crippen LogP contribution is 2.15. The molecule has 3 nitrogen and oxygen atoms in total. The second kappa shape index (κ2) is 5.47. The van der Waals surface area contributed by atoms with Crippen LogP contribution in [0.2, 0.25) is 0 Å². The normalized spacial score (nSPS) is 11.0. The summed E-state index contributed by atoms with van der Waals surface area (Å²) in [7, 11) is 0. The molecule has 1 N–H and O–H groups in total. The number of aryl methyl sites for hydroxylation is 1. The van der Waals surface area contributed by atoms with Gasteiger partial charge in [-0.15, -0.1) is 11.3 Å². The molecular weight excluding hydrogens is 230 g/mol. The lowest BCUT2D eigenvalue weighted by Crippen LogP contribution is -2.13. The Morgan fingerprint density at radius 1 is 1.35 bits per heavy atom. The largest absolute Gasteiger partial charge is 0.349 e. The maximum absolute atomic E-state index is 4.26. The number of hydrogen-bond donors (Lipinski definition) is 1. The Morgan fingerprint density at radius 3 is 2.76 bits per heavy atom. The van der Waals surface area contributed by atoms with Crippen molar-refractivity contribution < 1.29 is 0 Å². The van der Waals surface area contributed by atoms with Gasteiger partial charge in [0.25, 0.3) is 0 Å². The molecule has 0 aliphatic rings. The number of nitrogens with one attached hydrogen (secondary N) is 1. The van der Waals surface area contributed by atoms with Crippen LogP contribution in [-0.4, -0.2) is 9.55 Å². The van der Waals surface area contributed by atoms with Gasteiger partial charge in [-0.2, -0.15) is 0 Å². The van der Waals surface area contributed by atoms with Gasteiger partial charge in [-0.1, -0.05) is 0 Å². The Kier molecular flexibility index (Phi) is 3.97. The van der Waals surface area contributed by atoms with Gasteiger partial charge in [-0.25, -0.2) is 4.98 Å². The third-order valence-electron chi connectivity index (χ3n) is 3.07. The first kappa shape index (κ1) is 12.3. The van der Waals surface area contributed by atoms with Crippen molar-refractivity contribution in [1.29, 1.82) is 0 Å². The van der Waals surface area contributed by atoms with E-state index in [1.165, 1.54) is 17.0 Å². The molecule has 0 atom stereocenters. The summed E-state index contributed by atoms with van der Waals surface area (Å²) in [6.45, 7) is 9.36. The predicted octanol–water partition coefficient (Wildman–Crippen LogP) is 2.87. The fourth-order valence-corrected chi connectivity index (χ4v) is 2.77. The van der Waals surface area contributed by atoms with Crippen molar-refractivity contribution in [2.45, 2.75) is 40.4 Å². The molecule has 0 amide bonds. The minimum Gasteiger partial charge on any atom is -0.349 e. The Hall–Kier alpha value is -1.13. The van der Waals surface area contributed by atoms with Crippen molar-refractivity contribution >= 4 is 11.3 Å². The van der Waals surface area contributed by atoms with E-state index in [1.54, 1.807) is 11.3 Å². The highest BCUT2D eigenvalue weighted by molar-refractivity contribution is 7.09. The van der Waals surface area contributed by atoms with E-state index in [4.69, 9.17) is 0 Å². The molecule has 2 heterocycles. The van der Waals surface area contributed by atoms with Crippen molar-refractivity contribution in [2.24, 2.45) is 0 Å². The maximum atomic E-state index is 4.26. The van der Waals surface area contributed by atoms with E-state index in [-0.39, 0.29) is 0 Å². The van der Waals surface area contributed by atoms with Crippen molar-refractivity contribution in [1.82, 2.24) is 14.9 Å². The van der Waals surface area contributed by atoms with Crippen LogP contribution in [0.3, 0.4) is 0 Å². The molecule has 92 valence electrons. The molecule has 0 aliphatic heterocycles. The topological polar surface area (TPSA) is 29.9 Å². The maximum Gasteiger partial charge on any atom is 0.106 e. The van der Waals surface area contributed by atoms with E-state index in [9.17, 15) is 0 Å². The molecule has 0 aliphatic carbocycles. The molecule has 17 heavy (non-hydrogen) atoms. The zero-order valence-corrected chi connectivity index (χ0v) is 11.5. The summed E-state index contributed by atoms with van der Waals surface area (Å²) < 4.78 is 2.35. The lowest BCUT2D eigenvalue weighted by Gasteiger charge is -2.06. The van der Waals surface area contributed by atoms with Crippen LogP contribution >= 0.6 is 11.3 Å². The zero-order chi connectivity index (χ0) is 12.3. The summed E-state index contributed by atoms with van der Waals surface area (Å²) in [6, 6.07) is 2.27. The van der Waals surface area contributed by atoms with Crippen LogP contribution in [-0.2, 0) is 19.6 Å². The minimum absolute atomic E-state index is 0.855. The first-order chi connectivity index (χ1) is 8.22. The number of hydrogen-bond acceptors (Lipinski definition) is 3. The lowest BCUT2D eigenvalue weighted by molar-refractivity contribution is 0.673. The van der Waals surface area contributed by atoms with Crippen molar-refractivity contribution in [3.8, 4) is 0 Å². The number of nitrogens with zero attached hydrogens (tertiary/aromatic N) is 2. The van der Waals surface area contributed by atoms with E-state index in [2.05, 4.69) is 41.7 Å². The first-order valence-corrected chi connectivity index (χ1v) is 6.85. The van der Waals surface area contributed by atoms with Gasteiger partial charge >= 0.3 is 0 Å². The van der Waals surface area contributed by atoms with Crippen molar-refractivity contribution in [2.75, 3.05) is 0 Å². The Labute approximate surface area is 107 Å². The van der Waals surface area contributed by atoms with E-state index in [1.807, 2.05) is 11.6 Å². The summed E-state index contributed by atoms with van der Waals surface area (Å²) in [6.07, 6.45) is 1.85. The second-order valence-corrected chi connectivity index (χ2v) is 5.15. The van der Waals surface area contributed by atoms with Crippen LogP contribution in [0.15, 0.2) is 17.6 Å². The van der Waals surface area contributed by atoms with Gasteiger partial charge in [0.2, 0.25) is 0 Å². The van der Waals surface area contributed by atoms with E-state index >= 15 is 0 Å². The quantitative estimate of drug-likeness (QED) is 0.883. The number of rotatable bonds is 5. The third kappa shape index (κ3) is 2.76. The minimum atomic E-state index is 0.855. The monoisotopic (exact) mass is 249 g/mol. The third-order valence-corrected chi connectivity index (χ3v) is 3.85. The smallest absolute Gasteiger partial charge is 0.106 e. The van der Waals surface area contributed by atoms with Crippen LogP contribution < -0.4 is 5.32 Å². The average molecular weight is 249 g/mol. The average Bonchev–Trinajstić information content (AvgIpc) is 2.89. The van der Waals surface area contributed by atoms with Crippen LogP contribution in [0.4, 0.5) is 0 Å². The molecule has 0 fully saturated rings. The lowest BCUT2D eigenvalue weighted by atomic mass is 10.2. The molecule has 2 rings (SSSR count). The Balaban J connectivity index is 1.95. The van der Waals surface area contributed by atoms with Crippen LogP contribution in [0.1, 0.15) is 28.9 Å². The van der Waals surface area contributed by atoms with Gasteiger partial charge in [-0.05, 0) is 32.4 Å². The van der Waals surface area contributed by atoms with Crippen molar-refractivity contribution in [3.05, 3.63) is 39.6 Å². The van der Waals surface area contributed by atoms with E-state index in [0.29, 0.717) is 0 Å². The van der Waals surface area contributed by atoms with Gasteiger partial charge in [0, 0.05) is 42.6 Å². The van der Waals surface area contributed by atoms with Crippen LogP contribution in [0.25, 0.3) is 0 Å². The van der Waals surface area contributed by atoms with Gasteiger partial charge in [0.05, 0.1) is 0 Å². The Morgan fingerprint density at radius 2 is 2.18 bits per heavy atom. The summed E-state index contributed by atoms with van der Waals surface area (Å²) in [4.78, 5) is 4.26. The molecule has 4 heteroatoms.